The van der Waals surface area contributed by atoms with E-state index in [1.807, 2.05) is 0 Å². The van der Waals surface area contributed by atoms with E-state index in [4.69, 9.17) is 33.2 Å². The molecule has 17 N–H and O–H groups in total. The van der Waals surface area contributed by atoms with Gasteiger partial charge in [-0.15, -0.1) is 0 Å². The van der Waals surface area contributed by atoms with Crippen molar-refractivity contribution in [3.8, 4) is 0 Å². The van der Waals surface area contributed by atoms with Gasteiger partial charge in [-0.1, -0.05) is 0 Å². The average molecular weight is 757 g/mol. The lowest BCUT2D eigenvalue weighted by atomic mass is 9.93. The van der Waals surface area contributed by atoms with Crippen molar-refractivity contribution < 1.29 is 120 Å². The summed E-state index contributed by atoms with van der Waals surface area (Å²) in [7, 11) is 0. The number of rotatable bonds is 13. The highest BCUT2D eigenvalue weighted by Gasteiger charge is 2.57. The number of hydrogen-bond donors (Lipinski definition) is 17. The number of ether oxygens (including phenoxy) is 7. The molecule has 0 unspecified atom stereocenters. The van der Waals surface area contributed by atoms with Crippen molar-refractivity contribution in [1.29, 1.82) is 0 Å². The van der Waals surface area contributed by atoms with Crippen LogP contribution in [-0.4, -0.2) is 254 Å². The lowest BCUT2D eigenvalue weighted by Gasteiger charge is -2.50. The Kier molecular flexibility index (Phi) is 15.2. The summed E-state index contributed by atoms with van der Waals surface area (Å²) < 4.78 is 38.4. The molecule has 0 bridgehead atoms. The predicted octanol–water partition coefficient (Wildman–Crippen LogP) is -11.7. The van der Waals surface area contributed by atoms with Gasteiger partial charge in [0.1, 0.15) is 116 Å². The molecule has 0 radical (unpaired) electrons. The van der Waals surface area contributed by atoms with E-state index >= 15 is 0 Å². The Morgan fingerprint density at radius 1 is 0.392 bits per heavy atom. The van der Waals surface area contributed by atoms with Crippen molar-refractivity contribution in [2.45, 2.75) is 141 Å². The lowest BCUT2D eigenvalue weighted by Crippen LogP contribution is -2.69. The highest BCUT2D eigenvalue weighted by atomic mass is 16.8. The van der Waals surface area contributed by atoms with Crippen LogP contribution in [0.4, 0.5) is 0 Å². The molecule has 4 fully saturated rings. The van der Waals surface area contributed by atoms with Gasteiger partial charge >= 0.3 is 0 Å². The van der Waals surface area contributed by atoms with Crippen LogP contribution in [0, 0.1) is 0 Å². The van der Waals surface area contributed by atoms with Crippen LogP contribution in [0.2, 0.25) is 0 Å². The van der Waals surface area contributed by atoms with E-state index in [0.717, 1.165) is 0 Å². The summed E-state index contributed by atoms with van der Waals surface area (Å²) in [5.41, 5.74) is 0. The van der Waals surface area contributed by atoms with E-state index in [2.05, 4.69) is 0 Å². The van der Waals surface area contributed by atoms with E-state index < -0.39 is 168 Å². The Bertz CT molecular complexity index is 1060. The van der Waals surface area contributed by atoms with Crippen LogP contribution < -0.4 is 0 Å². The van der Waals surface area contributed by atoms with E-state index in [1.54, 1.807) is 0 Å². The van der Waals surface area contributed by atoms with Crippen LogP contribution in [0.5, 0.6) is 0 Å². The first-order valence-corrected chi connectivity index (χ1v) is 15.9. The molecule has 24 nitrogen and oxygen atoms in total. The normalized spacial score (nSPS) is 50.1. The van der Waals surface area contributed by atoms with Gasteiger partial charge in [0.05, 0.1) is 26.4 Å². The van der Waals surface area contributed by atoms with Crippen LogP contribution in [-0.2, 0) is 33.2 Å². The fourth-order valence-corrected chi connectivity index (χ4v) is 6.18. The summed E-state index contributed by atoms with van der Waals surface area (Å²) in [4.78, 5) is 0. The predicted molar refractivity (Wildman–Crippen MR) is 152 cm³/mol. The molecule has 4 heterocycles. The summed E-state index contributed by atoms with van der Waals surface area (Å²) in [5, 5.41) is 175. The van der Waals surface area contributed by atoms with Gasteiger partial charge in [-0.2, -0.15) is 0 Å². The van der Waals surface area contributed by atoms with E-state index in [1.165, 1.54) is 0 Å². The second-order valence-corrected chi connectivity index (χ2v) is 12.6. The molecule has 4 rings (SSSR count). The first-order valence-electron chi connectivity index (χ1n) is 15.9. The Morgan fingerprint density at radius 2 is 0.804 bits per heavy atom. The van der Waals surface area contributed by atoms with Gasteiger partial charge in [0.15, 0.2) is 25.2 Å². The third kappa shape index (κ3) is 8.80. The lowest BCUT2D eigenvalue weighted by molar-refractivity contribution is -0.408. The molecule has 0 aromatic heterocycles. The van der Waals surface area contributed by atoms with Gasteiger partial charge in [-0.05, 0) is 0 Å². The average Bonchev–Trinajstić information content (AvgIpc) is 3.12. The topological polar surface area (TPSA) is 409 Å². The third-order valence-corrected chi connectivity index (χ3v) is 9.18. The van der Waals surface area contributed by atoms with Crippen LogP contribution in [0.25, 0.3) is 0 Å². The first-order chi connectivity index (χ1) is 24.0. The molecule has 0 amide bonds. The van der Waals surface area contributed by atoms with Gasteiger partial charge in [0, 0.05) is 0 Å². The molecule has 0 aromatic rings. The zero-order valence-corrected chi connectivity index (χ0v) is 26.6. The maximum Gasteiger partial charge on any atom is 0.187 e. The molecule has 4 aliphatic rings. The Hall–Kier alpha value is -0.960. The molecule has 4 saturated heterocycles. The minimum absolute atomic E-state index is 0.903. The van der Waals surface area contributed by atoms with Crippen molar-refractivity contribution in [3.63, 3.8) is 0 Å². The van der Waals surface area contributed by atoms with Gasteiger partial charge in [-0.25, -0.2) is 0 Å². The van der Waals surface area contributed by atoms with Crippen LogP contribution in [0.1, 0.15) is 0 Å². The highest BCUT2D eigenvalue weighted by Crippen LogP contribution is 2.36. The second-order valence-electron chi connectivity index (χ2n) is 12.6. The van der Waals surface area contributed by atoms with Gasteiger partial charge < -0.3 is 120 Å². The molecule has 0 saturated carbocycles. The van der Waals surface area contributed by atoms with Crippen molar-refractivity contribution in [2.75, 3.05) is 26.4 Å². The molecule has 51 heavy (non-hydrogen) atoms. The fourth-order valence-electron chi connectivity index (χ4n) is 6.18. The summed E-state index contributed by atoms with van der Waals surface area (Å²) in [6, 6.07) is 0. The van der Waals surface area contributed by atoms with Crippen molar-refractivity contribution in [1.82, 2.24) is 0 Å². The van der Waals surface area contributed by atoms with Crippen LogP contribution >= 0.6 is 0 Å². The molecule has 0 aromatic carbocycles. The Balaban J connectivity index is 1.70. The molecule has 300 valence electrons. The maximum absolute atomic E-state index is 11.2. The van der Waals surface area contributed by atoms with Crippen molar-refractivity contribution in [2.24, 2.45) is 0 Å². The largest absolute Gasteiger partial charge is 0.394 e. The maximum atomic E-state index is 11.2. The SMILES string of the molecule is OC[C@H](O)[C@H]1O[C@H](O[C@@H]2[C@@H](O[C@H]3[C@H](O)[C@@H]([C@@H](O)CO)O[C@H](O)[C@H]3O)O[C@H]([C@@H](O)CO)[C@@H](O)[C@@H]2O)[C@@H](O[C@@H]2O[C@H](CO)[C@H](O)[C@H](O)[C@H]2O)[C@@H](O)[C@@H]1O. The van der Waals surface area contributed by atoms with Gasteiger partial charge in [-0.3, -0.25) is 0 Å². The highest BCUT2D eigenvalue weighted by molar-refractivity contribution is 5.00. The molecular weight excluding hydrogens is 708 g/mol. The smallest absolute Gasteiger partial charge is 0.187 e. The van der Waals surface area contributed by atoms with Gasteiger partial charge in [0.25, 0.3) is 0 Å². The number of aliphatic hydroxyl groups is 17. The second kappa shape index (κ2) is 18.1. The molecule has 0 spiro atoms. The summed E-state index contributed by atoms with van der Waals surface area (Å²) in [5.74, 6) is 0. The van der Waals surface area contributed by atoms with E-state index in [9.17, 15) is 86.8 Å². The Morgan fingerprint density at radius 3 is 1.24 bits per heavy atom. The minimum Gasteiger partial charge on any atom is -0.394 e. The zero-order valence-electron chi connectivity index (χ0n) is 26.6. The van der Waals surface area contributed by atoms with Crippen molar-refractivity contribution >= 4 is 0 Å². The monoisotopic (exact) mass is 756 g/mol. The first kappa shape index (κ1) is 42.8. The number of hydrogen-bond acceptors (Lipinski definition) is 24. The standard InChI is InChI=1S/C27H48O24/c28-1-5(32)18-12(38)14(40)23(26(47-18)49-21-16(42)20(7(34)3-30)46-24(44)17(21)43)51-27-22(13(39)11(37)19(48-27)6(33)2-29)50-25-15(41)10(36)9(35)8(4-31)45-25/h5-44H,1-4H2/t5-,6-,7-,8+,9-,10-,11-,12-,13-,14-,15+,16+,17-,18+,19+,20+,21-,22-,23-,24-,25-,26+,27+/m0/s1. The quantitative estimate of drug-likeness (QED) is 0.0829. The molecule has 24 heteroatoms. The molecule has 4 aliphatic heterocycles. The summed E-state index contributed by atoms with van der Waals surface area (Å²) >= 11 is 0. The molecule has 23 atom stereocenters. The Labute approximate surface area is 288 Å². The van der Waals surface area contributed by atoms with Crippen molar-refractivity contribution in [3.05, 3.63) is 0 Å². The summed E-state index contributed by atoms with van der Waals surface area (Å²) in [6.07, 6.45) is -46.5. The summed E-state index contributed by atoms with van der Waals surface area (Å²) in [6.45, 7) is -4.00. The number of aliphatic hydroxyl groups excluding tert-OH is 17. The van der Waals surface area contributed by atoms with E-state index in [0.29, 0.717) is 0 Å². The third-order valence-electron chi connectivity index (χ3n) is 9.18. The molecule has 0 aliphatic carbocycles. The van der Waals surface area contributed by atoms with Crippen LogP contribution in [0.15, 0.2) is 0 Å². The van der Waals surface area contributed by atoms with E-state index in [-0.39, 0.29) is 0 Å². The minimum atomic E-state index is -2.26. The molecular formula is C27H48O24. The fraction of sp³-hybridized carbons (Fsp3) is 1.00. The van der Waals surface area contributed by atoms with Crippen LogP contribution in [0.3, 0.4) is 0 Å². The zero-order chi connectivity index (χ0) is 38.1. The van der Waals surface area contributed by atoms with Gasteiger partial charge in [0.2, 0.25) is 0 Å².